The third-order valence-electron chi connectivity index (χ3n) is 4.16. The van der Waals surface area contributed by atoms with Crippen LogP contribution in [0.15, 0.2) is 48.5 Å². The van der Waals surface area contributed by atoms with Gasteiger partial charge in [-0.2, -0.15) is 5.10 Å². The highest BCUT2D eigenvalue weighted by molar-refractivity contribution is 6.06. The Labute approximate surface area is 156 Å². The number of benzene rings is 2. The molecule has 0 saturated heterocycles. The number of methoxy groups -OCH3 is 1. The van der Waals surface area contributed by atoms with Crippen molar-refractivity contribution in [3.63, 3.8) is 0 Å². The molecule has 0 aliphatic heterocycles. The lowest BCUT2D eigenvalue weighted by Crippen LogP contribution is -1.98. The van der Waals surface area contributed by atoms with Crippen LogP contribution < -0.4 is 4.74 Å². The number of hydrogen-bond acceptors (Lipinski definition) is 4. The number of H-pyrrole nitrogens is 1. The molecular formula is C21H19FN2O3. The van der Waals surface area contributed by atoms with Crippen LogP contribution in [0.3, 0.4) is 0 Å². The van der Waals surface area contributed by atoms with Gasteiger partial charge in [0.2, 0.25) is 0 Å². The van der Waals surface area contributed by atoms with E-state index in [-0.39, 0.29) is 12.2 Å². The molecule has 138 valence electrons. The van der Waals surface area contributed by atoms with E-state index >= 15 is 0 Å². The van der Waals surface area contributed by atoms with Crippen molar-refractivity contribution in [1.82, 2.24) is 10.2 Å². The normalized spacial score (nSPS) is 11.1. The molecule has 0 radical (unpaired) electrons. The number of allylic oxidation sites excluding steroid dienone is 1. The molecule has 5 nitrogen and oxygen atoms in total. The molecule has 0 saturated carbocycles. The summed E-state index contributed by atoms with van der Waals surface area (Å²) in [5.74, 6) is -0.385. The van der Waals surface area contributed by atoms with E-state index < -0.39 is 11.6 Å². The first-order valence-corrected chi connectivity index (χ1v) is 8.34. The van der Waals surface area contributed by atoms with Gasteiger partial charge >= 0.3 is 0 Å². The molecule has 0 aliphatic carbocycles. The molecule has 2 aromatic carbocycles. The summed E-state index contributed by atoms with van der Waals surface area (Å²) in [7, 11) is 1.53. The predicted octanol–water partition coefficient (Wildman–Crippen LogP) is 3.92. The maximum absolute atomic E-state index is 13.9. The molecule has 0 aliphatic rings. The van der Waals surface area contributed by atoms with Crippen LogP contribution in [0.5, 0.6) is 5.75 Å². The maximum Gasteiger partial charge on any atom is 0.188 e. The van der Waals surface area contributed by atoms with Gasteiger partial charge in [0.05, 0.1) is 30.7 Å². The minimum atomic E-state index is -0.536. The third-order valence-corrected chi connectivity index (χ3v) is 4.16. The highest BCUT2D eigenvalue weighted by atomic mass is 19.1. The van der Waals surface area contributed by atoms with Crippen LogP contribution in [0.2, 0.25) is 0 Å². The number of nitrogens with zero attached hydrogens (tertiary/aromatic N) is 1. The Hall–Kier alpha value is -3.25. The van der Waals surface area contributed by atoms with Gasteiger partial charge in [-0.15, -0.1) is 0 Å². The molecule has 0 atom stereocenters. The summed E-state index contributed by atoms with van der Waals surface area (Å²) in [5, 5.41) is 16.3. The minimum absolute atomic E-state index is 0.0286. The fourth-order valence-electron chi connectivity index (χ4n) is 2.68. The van der Waals surface area contributed by atoms with Gasteiger partial charge in [0.25, 0.3) is 0 Å². The Balaban J connectivity index is 1.80. The van der Waals surface area contributed by atoms with Crippen molar-refractivity contribution in [3.05, 3.63) is 76.7 Å². The van der Waals surface area contributed by atoms with E-state index in [4.69, 9.17) is 4.74 Å². The van der Waals surface area contributed by atoms with Crippen LogP contribution in [0.25, 0.3) is 17.3 Å². The van der Waals surface area contributed by atoms with E-state index in [1.165, 1.54) is 25.3 Å². The number of aromatic amines is 1. The van der Waals surface area contributed by atoms with E-state index in [0.29, 0.717) is 22.7 Å². The number of ether oxygens (including phenoxy) is 1. The molecule has 0 amide bonds. The quantitative estimate of drug-likeness (QED) is 0.512. The summed E-state index contributed by atoms with van der Waals surface area (Å²) in [6, 6.07) is 11.6. The fraction of sp³-hybridized carbons (Fsp3) is 0.143. The smallest absolute Gasteiger partial charge is 0.188 e. The van der Waals surface area contributed by atoms with Crippen LogP contribution in [-0.2, 0) is 6.61 Å². The van der Waals surface area contributed by atoms with Gasteiger partial charge < -0.3 is 9.84 Å². The standard InChI is InChI=1S/C21H19FN2O3/c1-13-3-7-17(18(22)9-13)20(26)8-6-16-11-19(24-23-16)14-4-5-15(12-25)21(10-14)27-2/h3-11,25H,12H2,1-2H3,(H,23,24)/b8-6+. The van der Waals surface area contributed by atoms with Crippen molar-refractivity contribution in [2.75, 3.05) is 7.11 Å². The van der Waals surface area contributed by atoms with Crippen molar-refractivity contribution >= 4 is 11.9 Å². The Morgan fingerprint density at radius 2 is 2.07 bits per heavy atom. The highest BCUT2D eigenvalue weighted by Crippen LogP contribution is 2.26. The SMILES string of the molecule is COc1cc(-c2cc(/C=C/C(=O)c3ccc(C)cc3F)[nH]n2)ccc1CO. The lowest BCUT2D eigenvalue weighted by molar-refractivity contribution is 0.104. The number of aliphatic hydroxyl groups is 1. The number of nitrogens with one attached hydrogen (secondary N) is 1. The molecule has 27 heavy (non-hydrogen) atoms. The van der Waals surface area contributed by atoms with Gasteiger partial charge in [0.15, 0.2) is 5.78 Å². The summed E-state index contributed by atoms with van der Waals surface area (Å²) in [6.07, 6.45) is 2.86. The number of hydrogen-bond donors (Lipinski definition) is 2. The first kappa shape index (κ1) is 18.5. The van der Waals surface area contributed by atoms with E-state index in [1.54, 1.807) is 37.3 Å². The van der Waals surface area contributed by atoms with Gasteiger partial charge in [0.1, 0.15) is 11.6 Å². The topological polar surface area (TPSA) is 75.2 Å². The number of carbonyl (C=O) groups excluding carboxylic acids is 1. The second-order valence-electron chi connectivity index (χ2n) is 6.07. The molecule has 3 aromatic rings. The zero-order valence-corrected chi connectivity index (χ0v) is 15.0. The van der Waals surface area contributed by atoms with Gasteiger partial charge in [0, 0.05) is 11.1 Å². The van der Waals surface area contributed by atoms with Crippen LogP contribution >= 0.6 is 0 Å². The van der Waals surface area contributed by atoms with E-state index in [2.05, 4.69) is 10.2 Å². The minimum Gasteiger partial charge on any atom is -0.496 e. The lowest BCUT2D eigenvalue weighted by atomic mass is 10.1. The molecule has 6 heteroatoms. The first-order valence-electron chi connectivity index (χ1n) is 8.34. The Morgan fingerprint density at radius 1 is 1.26 bits per heavy atom. The largest absolute Gasteiger partial charge is 0.496 e. The van der Waals surface area contributed by atoms with E-state index in [1.807, 2.05) is 6.07 Å². The van der Waals surface area contributed by atoms with Crippen LogP contribution in [-0.4, -0.2) is 28.2 Å². The van der Waals surface area contributed by atoms with Crippen LogP contribution in [0.4, 0.5) is 4.39 Å². The number of carbonyl (C=O) groups is 1. The summed E-state index contributed by atoms with van der Waals surface area (Å²) < 4.78 is 19.1. The number of rotatable bonds is 6. The number of aliphatic hydroxyl groups excluding tert-OH is 1. The second-order valence-corrected chi connectivity index (χ2v) is 6.07. The molecule has 0 bridgehead atoms. The monoisotopic (exact) mass is 366 g/mol. The van der Waals surface area contributed by atoms with Crippen molar-refractivity contribution in [1.29, 1.82) is 0 Å². The molecule has 0 spiro atoms. The third kappa shape index (κ3) is 4.12. The van der Waals surface area contributed by atoms with E-state index in [9.17, 15) is 14.3 Å². The summed E-state index contributed by atoms with van der Waals surface area (Å²) in [5.41, 5.74) is 3.54. The second kappa shape index (κ2) is 7.97. The predicted molar refractivity (Wildman–Crippen MR) is 101 cm³/mol. The van der Waals surface area contributed by atoms with Crippen molar-refractivity contribution in [3.8, 4) is 17.0 Å². The van der Waals surface area contributed by atoms with Crippen LogP contribution in [0, 0.1) is 12.7 Å². The molecule has 3 rings (SSSR count). The number of halogens is 1. The van der Waals surface area contributed by atoms with Gasteiger partial charge in [-0.25, -0.2) is 4.39 Å². The van der Waals surface area contributed by atoms with Gasteiger partial charge in [-0.1, -0.05) is 18.2 Å². The van der Waals surface area contributed by atoms with Crippen molar-refractivity contribution in [2.24, 2.45) is 0 Å². The Bertz CT molecular complexity index is 1010. The molecule has 1 heterocycles. The molecule has 1 aromatic heterocycles. The highest BCUT2D eigenvalue weighted by Gasteiger charge is 2.10. The Kier molecular flexibility index (Phi) is 5.47. The average molecular weight is 366 g/mol. The summed E-state index contributed by atoms with van der Waals surface area (Å²) >= 11 is 0. The zero-order chi connectivity index (χ0) is 19.4. The summed E-state index contributed by atoms with van der Waals surface area (Å²) in [6.45, 7) is 1.65. The van der Waals surface area contributed by atoms with Crippen molar-refractivity contribution < 1.29 is 19.0 Å². The number of aromatic nitrogens is 2. The lowest BCUT2D eigenvalue weighted by Gasteiger charge is -2.07. The summed E-state index contributed by atoms with van der Waals surface area (Å²) in [4.78, 5) is 12.2. The van der Waals surface area contributed by atoms with Crippen LogP contribution in [0.1, 0.15) is 27.2 Å². The Morgan fingerprint density at radius 3 is 2.78 bits per heavy atom. The van der Waals surface area contributed by atoms with Gasteiger partial charge in [-0.3, -0.25) is 9.89 Å². The number of ketones is 1. The van der Waals surface area contributed by atoms with Gasteiger partial charge in [-0.05, 0) is 48.9 Å². The van der Waals surface area contributed by atoms with E-state index in [0.717, 1.165) is 11.1 Å². The maximum atomic E-state index is 13.9. The first-order chi connectivity index (χ1) is 13.0. The molecule has 2 N–H and O–H groups in total. The molecule has 0 unspecified atom stereocenters. The average Bonchev–Trinajstić information content (AvgIpc) is 3.14. The van der Waals surface area contributed by atoms with Crippen molar-refractivity contribution in [2.45, 2.75) is 13.5 Å². The molecule has 0 fully saturated rings. The fourth-order valence-corrected chi connectivity index (χ4v) is 2.68. The molecular weight excluding hydrogens is 347 g/mol. The number of aryl methyl sites for hydroxylation is 1. The zero-order valence-electron chi connectivity index (χ0n) is 15.0.